The van der Waals surface area contributed by atoms with Crippen molar-refractivity contribution < 1.29 is 5.11 Å². The van der Waals surface area contributed by atoms with Crippen molar-refractivity contribution in [1.82, 2.24) is 0 Å². The van der Waals surface area contributed by atoms with E-state index in [0.717, 1.165) is 17.1 Å². The van der Waals surface area contributed by atoms with Gasteiger partial charge in [0.25, 0.3) is 0 Å². The molecule has 0 bridgehead atoms. The predicted octanol–water partition coefficient (Wildman–Crippen LogP) is 5.19. The molecule has 0 saturated heterocycles. The minimum Gasteiger partial charge on any atom is -0.506 e. The lowest BCUT2D eigenvalue weighted by molar-refractivity contribution is 0.478. The molecule has 3 nitrogen and oxygen atoms in total. The molecule has 0 radical (unpaired) electrons. The smallest absolute Gasteiger partial charge is 0.139 e. The van der Waals surface area contributed by atoms with Crippen molar-refractivity contribution in [2.24, 2.45) is 0 Å². The first kappa shape index (κ1) is 14.0. The number of phenolic OH excluding ortho intramolecular Hbond substituents is 1. The Hall–Kier alpha value is -2.94. The van der Waals surface area contributed by atoms with Crippen LogP contribution in [0.15, 0.2) is 72.8 Å². The summed E-state index contributed by atoms with van der Waals surface area (Å²) in [7, 11) is 0. The largest absolute Gasteiger partial charge is 0.506 e. The second-order valence-electron chi connectivity index (χ2n) is 5.21. The number of hydrogen-bond donors (Lipinski definition) is 3. The average Bonchev–Trinajstić information content (AvgIpc) is 2.54. The summed E-state index contributed by atoms with van der Waals surface area (Å²) in [4.78, 5) is 0. The Morgan fingerprint density at radius 3 is 1.73 bits per heavy atom. The molecular weight excluding hydrogens is 272 g/mol. The summed E-state index contributed by atoms with van der Waals surface area (Å²) < 4.78 is 0. The fraction of sp³-hybridized carbons (Fsp3) is 0.0526. The van der Waals surface area contributed by atoms with E-state index in [1.54, 1.807) is 12.1 Å². The van der Waals surface area contributed by atoms with Crippen LogP contribution in [-0.4, -0.2) is 5.11 Å². The lowest BCUT2D eigenvalue weighted by Crippen LogP contribution is -1.93. The van der Waals surface area contributed by atoms with Crippen molar-refractivity contribution in [3.05, 3.63) is 78.4 Å². The zero-order chi connectivity index (χ0) is 15.4. The molecule has 0 aliphatic rings. The molecule has 3 N–H and O–H groups in total. The Kier molecular flexibility index (Phi) is 3.97. The Labute approximate surface area is 130 Å². The van der Waals surface area contributed by atoms with Gasteiger partial charge in [0, 0.05) is 17.1 Å². The molecular formula is C19H18N2O. The van der Waals surface area contributed by atoms with Crippen LogP contribution in [0.3, 0.4) is 0 Å². The topological polar surface area (TPSA) is 44.3 Å². The molecule has 0 aliphatic heterocycles. The van der Waals surface area contributed by atoms with Gasteiger partial charge < -0.3 is 15.7 Å². The average molecular weight is 290 g/mol. The maximum atomic E-state index is 9.77. The van der Waals surface area contributed by atoms with Gasteiger partial charge in [-0.15, -0.1) is 0 Å². The molecule has 3 aromatic carbocycles. The van der Waals surface area contributed by atoms with Crippen LogP contribution in [-0.2, 0) is 0 Å². The lowest BCUT2D eigenvalue weighted by atomic mass is 10.2. The highest BCUT2D eigenvalue weighted by atomic mass is 16.3. The SMILES string of the molecule is Cc1ccc(Nc2ccc(Nc3ccccc3O)cc2)cc1. The summed E-state index contributed by atoms with van der Waals surface area (Å²) in [5, 5.41) is 16.3. The molecule has 0 aromatic heterocycles. The Bertz CT molecular complexity index is 749. The number of aryl methyl sites for hydroxylation is 1. The van der Waals surface area contributed by atoms with Gasteiger partial charge in [-0.3, -0.25) is 0 Å². The quantitative estimate of drug-likeness (QED) is 0.579. The van der Waals surface area contributed by atoms with Gasteiger partial charge >= 0.3 is 0 Å². The summed E-state index contributed by atoms with van der Waals surface area (Å²) in [6.45, 7) is 2.07. The van der Waals surface area contributed by atoms with E-state index in [0.29, 0.717) is 5.69 Å². The van der Waals surface area contributed by atoms with Gasteiger partial charge in [0.05, 0.1) is 5.69 Å². The molecule has 0 spiro atoms. The van der Waals surface area contributed by atoms with Crippen LogP contribution in [0.4, 0.5) is 22.7 Å². The molecule has 110 valence electrons. The molecule has 0 saturated carbocycles. The van der Waals surface area contributed by atoms with Gasteiger partial charge in [0.1, 0.15) is 5.75 Å². The molecule has 0 fully saturated rings. The minimum absolute atomic E-state index is 0.240. The minimum atomic E-state index is 0.240. The van der Waals surface area contributed by atoms with E-state index in [-0.39, 0.29) is 5.75 Å². The van der Waals surface area contributed by atoms with Crippen LogP contribution in [0.5, 0.6) is 5.75 Å². The van der Waals surface area contributed by atoms with E-state index in [2.05, 4.69) is 41.8 Å². The van der Waals surface area contributed by atoms with Crippen molar-refractivity contribution in [3.8, 4) is 5.75 Å². The first-order valence-electron chi connectivity index (χ1n) is 7.19. The number of aromatic hydroxyl groups is 1. The van der Waals surface area contributed by atoms with E-state index < -0.39 is 0 Å². The van der Waals surface area contributed by atoms with Crippen molar-refractivity contribution in [2.75, 3.05) is 10.6 Å². The molecule has 3 aromatic rings. The Morgan fingerprint density at radius 1 is 0.636 bits per heavy atom. The third-order valence-corrected chi connectivity index (χ3v) is 3.41. The van der Waals surface area contributed by atoms with Crippen molar-refractivity contribution in [3.63, 3.8) is 0 Å². The number of nitrogens with one attached hydrogen (secondary N) is 2. The maximum absolute atomic E-state index is 9.77. The van der Waals surface area contributed by atoms with E-state index >= 15 is 0 Å². The lowest BCUT2D eigenvalue weighted by Gasteiger charge is -2.10. The number of phenols is 1. The number of rotatable bonds is 4. The van der Waals surface area contributed by atoms with Crippen LogP contribution in [0.1, 0.15) is 5.56 Å². The molecule has 3 heteroatoms. The van der Waals surface area contributed by atoms with E-state index in [9.17, 15) is 5.11 Å². The molecule has 0 amide bonds. The third-order valence-electron chi connectivity index (χ3n) is 3.41. The fourth-order valence-electron chi connectivity index (χ4n) is 2.18. The van der Waals surface area contributed by atoms with Gasteiger partial charge in [0.2, 0.25) is 0 Å². The van der Waals surface area contributed by atoms with Crippen LogP contribution < -0.4 is 10.6 Å². The number of para-hydroxylation sites is 2. The Balaban J connectivity index is 1.70. The highest BCUT2D eigenvalue weighted by molar-refractivity contribution is 5.68. The number of anilines is 4. The maximum Gasteiger partial charge on any atom is 0.139 e. The van der Waals surface area contributed by atoms with Crippen molar-refractivity contribution in [2.45, 2.75) is 6.92 Å². The first-order chi connectivity index (χ1) is 10.7. The van der Waals surface area contributed by atoms with Crippen LogP contribution in [0.2, 0.25) is 0 Å². The molecule has 22 heavy (non-hydrogen) atoms. The number of hydrogen-bond acceptors (Lipinski definition) is 3. The van der Waals surface area contributed by atoms with Gasteiger partial charge in [-0.2, -0.15) is 0 Å². The van der Waals surface area contributed by atoms with E-state index in [1.807, 2.05) is 36.4 Å². The summed E-state index contributed by atoms with van der Waals surface area (Å²) in [5.74, 6) is 0.240. The predicted molar refractivity (Wildman–Crippen MR) is 92.3 cm³/mol. The second-order valence-corrected chi connectivity index (χ2v) is 5.21. The van der Waals surface area contributed by atoms with E-state index in [1.165, 1.54) is 5.56 Å². The zero-order valence-electron chi connectivity index (χ0n) is 12.4. The molecule has 0 atom stereocenters. The summed E-state index contributed by atoms with van der Waals surface area (Å²) in [5.41, 5.74) is 4.95. The highest BCUT2D eigenvalue weighted by Crippen LogP contribution is 2.27. The third kappa shape index (κ3) is 3.38. The summed E-state index contributed by atoms with van der Waals surface area (Å²) in [6, 6.07) is 23.4. The second kappa shape index (κ2) is 6.22. The van der Waals surface area contributed by atoms with Crippen molar-refractivity contribution >= 4 is 22.7 Å². The van der Waals surface area contributed by atoms with Gasteiger partial charge in [-0.25, -0.2) is 0 Å². The fourth-order valence-corrected chi connectivity index (χ4v) is 2.18. The van der Waals surface area contributed by atoms with Gasteiger partial charge in [-0.1, -0.05) is 29.8 Å². The normalized spacial score (nSPS) is 10.2. The van der Waals surface area contributed by atoms with Crippen molar-refractivity contribution in [1.29, 1.82) is 0 Å². The van der Waals surface area contributed by atoms with Crippen LogP contribution in [0.25, 0.3) is 0 Å². The van der Waals surface area contributed by atoms with Crippen LogP contribution in [0, 0.1) is 6.92 Å². The Morgan fingerprint density at radius 2 is 1.14 bits per heavy atom. The van der Waals surface area contributed by atoms with Crippen LogP contribution >= 0.6 is 0 Å². The molecule has 0 unspecified atom stereocenters. The monoisotopic (exact) mass is 290 g/mol. The molecule has 0 heterocycles. The van der Waals surface area contributed by atoms with E-state index in [4.69, 9.17) is 0 Å². The highest BCUT2D eigenvalue weighted by Gasteiger charge is 2.00. The summed E-state index contributed by atoms with van der Waals surface area (Å²) >= 11 is 0. The summed E-state index contributed by atoms with van der Waals surface area (Å²) in [6.07, 6.45) is 0. The van der Waals surface area contributed by atoms with Gasteiger partial charge in [-0.05, 0) is 55.5 Å². The van der Waals surface area contributed by atoms with Gasteiger partial charge in [0.15, 0.2) is 0 Å². The first-order valence-corrected chi connectivity index (χ1v) is 7.19. The zero-order valence-corrected chi connectivity index (χ0v) is 12.4. The molecule has 3 rings (SSSR count). The molecule has 0 aliphatic carbocycles. The number of benzene rings is 3. The standard InChI is InChI=1S/C19H18N2O/c1-14-6-8-15(9-7-14)20-16-10-12-17(13-11-16)21-18-4-2-3-5-19(18)22/h2-13,20-22H,1H3.